The fourth-order valence-electron chi connectivity index (χ4n) is 4.22. The lowest BCUT2D eigenvalue weighted by molar-refractivity contribution is 0.0468. The van der Waals surface area contributed by atoms with E-state index in [1.807, 2.05) is 27.9 Å². The van der Waals surface area contributed by atoms with Crippen molar-refractivity contribution in [1.29, 1.82) is 0 Å². The van der Waals surface area contributed by atoms with Crippen LogP contribution in [0.1, 0.15) is 82.9 Å². The maximum Gasteiger partial charge on any atom is 0.145 e. The topological polar surface area (TPSA) is 38.7 Å². The van der Waals surface area contributed by atoms with Crippen molar-refractivity contribution in [1.82, 2.24) is 0 Å². The Balaban J connectivity index is 2.06. The summed E-state index contributed by atoms with van der Waals surface area (Å²) in [5.74, 6) is 0.482. The molecule has 1 aromatic rings. The van der Waals surface area contributed by atoms with E-state index in [0.717, 1.165) is 37.8 Å². The highest BCUT2D eigenvalue weighted by Crippen LogP contribution is 2.49. The molecule has 1 fully saturated rings. The summed E-state index contributed by atoms with van der Waals surface area (Å²) in [5.41, 5.74) is 5.08. The van der Waals surface area contributed by atoms with Gasteiger partial charge in [-0.25, -0.2) is 4.21 Å². The minimum atomic E-state index is -1.23. The summed E-state index contributed by atoms with van der Waals surface area (Å²) in [4.78, 5) is 0. The number of nitrogens with zero attached hydrogens (tertiary/aromatic N) is 1. The molecule has 1 aromatic carbocycles. The van der Waals surface area contributed by atoms with Crippen molar-refractivity contribution >= 4 is 16.7 Å². The highest BCUT2D eigenvalue weighted by Gasteiger charge is 2.46. The lowest BCUT2D eigenvalue weighted by Gasteiger charge is -2.37. The zero-order chi connectivity index (χ0) is 19.1. The molecule has 0 N–H and O–H groups in total. The van der Waals surface area contributed by atoms with Gasteiger partial charge in [-0.05, 0) is 76.0 Å². The zero-order valence-corrected chi connectivity index (χ0v) is 17.9. The van der Waals surface area contributed by atoms with E-state index >= 15 is 0 Å². The van der Waals surface area contributed by atoms with E-state index in [1.54, 1.807) is 0 Å². The first-order valence-corrected chi connectivity index (χ1v) is 10.9. The number of fused-ring (bicyclic) bond motifs is 1. The van der Waals surface area contributed by atoms with Crippen LogP contribution in [0.25, 0.3) is 0 Å². The Bertz CT molecular complexity index is 722. The lowest BCUT2D eigenvalue weighted by atomic mass is 9.70. The van der Waals surface area contributed by atoms with Gasteiger partial charge in [0.2, 0.25) is 0 Å². The molecule has 0 aliphatic heterocycles. The number of methoxy groups -OCH3 is 1. The smallest absolute Gasteiger partial charge is 0.145 e. The molecule has 0 bridgehead atoms. The van der Waals surface area contributed by atoms with E-state index in [9.17, 15) is 4.21 Å². The maximum absolute atomic E-state index is 12.9. The van der Waals surface area contributed by atoms with E-state index in [1.165, 1.54) is 16.7 Å². The van der Waals surface area contributed by atoms with Gasteiger partial charge < -0.3 is 4.74 Å². The average Bonchev–Trinajstić information content (AvgIpc) is 2.87. The van der Waals surface area contributed by atoms with Gasteiger partial charge in [-0.1, -0.05) is 26.0 Å². The minimum Gasteiger partial charge on any atom is -0.381 e. The monoisotopic (exact) mass is 375 g/mol. The molecule has 26 heavy (non-hydrogen) atoms. The standard InChI is InChI=1S/C22H33NO2S/c1-15(2)16-7-8-17-14-22(11-9-18(25-6)10-12-22)20(19(17)13-16)23-26(24)21(3,4)5/h7-8,13,15,18H,9-12,14H2,1-6H3. The van der Waals surface area contributed by atoms with Crippen LogP contribution in [0.4, 0.5) is 0 Å². The molecule has 1 saturated carbocycles. The second kappa shape index (κ2) is 7.20. The Kier molecular flexibility index (Phi) is 5.47. The molecule has 3 rings (SSSR count). The molecule has 2 aliphatic carbocycles. The molecule has 0 aromatic heterocycles. The molecule has 1 atom stereocenters. The van der Waals surface area contributed by atoms with Crippen LogP contribution in [0, 0.1) is 5.41 Å². The van der Waals surface area contributed by atoms with Gasteiger partial charge in [0, 0.05) is 18.1 Å². The quantitative estimate of drug-likeness (QED) is 0.729. The predicted octanol–water partition coefficient (Wildman–Crippen LogP) is 5.19. The van der Waals surface area contributed by atoms with Gasteiger partial charge in [0.05, 0.1) is 16.6 Å². The predicted molar refractivity (Wildman–Crippen MR) is 110 cm³/mol. The summed E-state index contributed by atoms with van der Waals surface area (Å²) in [5, 5.41) is 0. The molecule has 0 heterocycles. The molecule has 3 nitrogen and oxygen atoms in total. The van der Waals surface area contributed by atoms with Gasteiger partial charge in [0.25, 0.3) is 0 Å². The fourth-order valence-corrected chi connectivity index (χ4v) is 4.95. The van der Waals surface area contributed by atoms with Crippen molar-refractivity contribution in [2.75, 3.05) is 7.11 Å². The number of ether oxygens (including phenoxy) is 1. The molecule has 1 spiro atoms. The molecule has 4 heteroatoms. The Morgan fingerprint density at radius 3 is 2.42 bits per heavy atom. The third-order valence-corrected chi connectivity index (χ3v) is 7.40. The number of rotatable bonds is 3. The van der Waals surface area contributed by atoms with E-state index in [4.69, 9.17) is 9.13 Å². The Hall–Kier alpha value is -1.00. The average molecular weight is 376 g/mol. The first kappa shape index (κ1) is 19.8. The summed E-state index contributed by atoms with van der Waals surface area (Å²) in [6.07, 6.45) is 5.63. The van der Waals surface area contributed by atoms with Crippen LogP contribution in [0.5, 0.6) is 0 Å². The van der Waals surface area contributed by atoms with Crippen LogP contribution >= 0.6 is 0 Å². The molecule has 144 valence electrons. The summed E-state index contributed by atoms with van der Waals surface area (Å²) in [6, 6.07) is 6.83. The Morgan fingerprint density at radius 2 is 1.88 bits per heavy atom. The molecule has 0 amide bonds. The highest BCUT2D eigenvalue weighted by molar-refractivity contribution is 7.85. The van der Waals surface area contributed by atoms with E-state index in [0.29, 0.717) is 12.0 Å². The number of hydrogen-bond donors (Lipinski definition) is 0. The third-order valence-electron chi connectivity index (χ3n) is 6.01. The van der Waals surface area contributed by atoms with Gasteiger partial charge in [-0.2, -0.15) is 4.40 Å². The number of benzene rings is 1. The van der Waals surface area contributed by atoms with Crippen molar-refractivity contribution in [2.45, 2.75) is 83.5 Å². The lowest BCUT2D eigenvalue weighted by Crippen LogP contribution is -2.36. The zero-order valence-electron chi connectivity index (χ0n) is 17.1. The van der Waals surface area contributed by atoms with Crippen molar-refractivity contribution in [3.05, 3.63) is 34.9 Å². The van der Waals surface area contributed by atoms with Crippen molar-refractivity contribution in [2.24, 2.45) is 9.81 Å². The van der Waals surface area contributed by atoms with E-state index in [2.05, 4.69) is 32.0 Å². The SMILES string of the molecule is COC1CCC2(CC1)Cc1ccc(C(C)C)cc1C2=NS(=O)C(C)(C)C. The molecule has 0 saturated heterocycles. The van der Waals surface area contributed by atoms with Crippen molar-refractivity contribution < 1.29 is 8.95 Å². The summed E-state index contributed by atoms with van der Waals surface area (Å²) >= 11 is 0. The van der Waals surface area contributed by atoms with Crippen LogP contribution < -0.4 is 0 Å². The first-order chi connectivity index (χ1) is 12.2. The molecule has 2 aliphatic rings. The van der Waals surface area contributed by atoms with E-state index in [-0.39, 0.29) is 10.2 Å². The summed E-state index contributed by atoms with van der Waals surface area (Å²) < 4.78 is 23.0. The van der Waals surface area contributed by atoms with Crippen LogP contribution in [0.2, 0.25) is 0 Å². The Morgan fingerprint density at radius 1 is 1.23 bits per heavy atom. The van der Waals surface area contributed by atoms with E-state index < -0.39 is 11.0 Å². The van der Waals surface area contributed by atoms with Crippen molar-refractivity contribution in [3.8, 4) is 0 Å². The maximum atomic E-state index is 12.9. The second-order valence-corrected chi connectivity index (χ2v) is 11.2. The van der Waals surface area contributed by atoms with Gasteiger partial charge in [-0.3, -0.25) is 0 Å². The molecule has 0 radical (unpaired) electrons. The highest BCUT2D eigenvalue weighted by atomic mass is 32.2. The van der Waals surface area contributed by atoms with Crippen LogP contribution in [-0.2, 0) is 22.1 Å². The van der Waals surface area contributed by atoms with Gasteiger partial charge in [0.1, 0.15) is 11.0 Å². The van der Waals surface area contributed by atoms with Crippen LogP contribution in [0.15, 0.2) is 22.6 Å². The second-order valence-electron chi connectivity index (χ2n) is 9.26. The summed E-state index contributed by atoms with van der Waals surface area (Å²) in [6.45, 7) is 10.5. The largest absolute Gasteiger partial charge is 0.381 e. The Labute approximate surface area is 161 Å². The van der Waals surface area contributed by atoms with Crippen LogP contribution in [-0.4, -0.2) is 27.9 Å². The minimum absolute atomic E-state index is 0.0356. The molecular weight excluding hydrogens is 342 g/mol. The van der Waals surface area contributed by atoms with Gasteiger partial charge in [-0.15, -0.1) is 0 Å². The van der Waals surface area contributed by atoms with Crippen LogP contribution in [0.3, 0.4) is 0 Å². The van der Waals surface area contributed by atoms with Crippen molar-refractivity contribution in [3.63, 3.8) is 0 Å². The normalized spacial score (nSPS) is 28.7. The number of hydrogen-bond acceptors (Lipinski definition) is 2. The molecular formula is C22H33NO2S. The van der Waals surface area contributed by atoms with Gasteiger partial charge >= 0.3 is 0 Å². The molecule has 1 unspecified atom stereocenters. The first-order valence-electron chi connectivity index (χ1n) is 9.83. The summed E-state index contributed by atoms with van der Waals surface area (Å²) in [7, 11) is 0.577. The third kappa shape index (κ3) is 3.68. The fraction of sp³-hybridized carbons (Fsp3) is 0.682. The van der Waals surface area contributed by atoms with Gasteiger partial charge in [0.15, 0.2) is 0 Å².